The van der Waals surface area contributed by atoms with Crippen LogP contribution in [0.4, 0.5) is 48.3 Å². The van der Waals surface area contributed by atoms with Crippen LogP contribution in [0.1, 0.15) is 40.0 Å². The summed E-state index contributed by atoms with van der Waals surface area (Å²) in [5, 5.41) is 9.48. The summed E-state index contributed by atoms with van der Waals surface area (Å²) in [4.78, 5) is 11.9. The molecule has 178 valence electrons. The maximum Gasteiger partial charge on any atom is 0.449 e. The lowest BCUT2D eigenvalue weighted by molar-refractivity contribution is -0.536. The van der Waals surface area contributed by atoms with Gasteiger partial charge in [-0.15, -0.1) is 0 Å². The Labute approximate surface area is 162 Å². The summed E-state index contributed by atoms with van der Waals surface area (Å²) in [5.74, 6) is -16.6. The van der Waals surface area contributed by atoms with E-state index < -0.39 is 66.2 Å². The third-order valence-corrected chi connectivity index (χ3v) is 5.03. The summed E-state index contributed by atoms with van der Waals surface area (Å²) in [6.07, 6.45) is -24.7. The molecule has 0 aliphatic carbocycles. The molecule has 1 heterocycles. The van der Waals surface area contributed by atoms with Crippen molar-refractivity contribution in [3.8, 4) is 0 Å². The quantitative estimate of drug-likeness (QED) is 0.470. The fourth-order valence-electron chi connectivity index (χ4n) is 2.84. The standard InChI is InChI=1S/C15H17F11O4/c1-4-7(3)8(27)29-10(14(21,22)23)6-9(5-2,13(18,19)20)30-12(28,11(10,16)17)15(24,25)26/h7,28H,4-6H2,1-3H3. The fourth-order valence-corrected chi connectivity index (χ4v) is 2.84. The van der Waals surface area contributed by atoms with Crippen molar-refractivity contribution in [2.45, 2.75) is 81.5 Å². The van der Waals surface area contributed by atoms with Gasteiger partial charge in [0, 0.05) is 6.42 Å². The van der Waals surface area contributed by atoms with Crippen LogP contribution in [0.15, 0.2) is 0 Å². The molecule has 1 fully saturated rings. The third-order valence-electron chi connectivity index (χ3n) is 5.03. The summed E-state index contributed by atoms with van der Waals surface area (Å²) in [6, 6.07) is 0. The minimum atomic E-state index is -6.85. The summed E-state index contributed by atoms with van der Waals surface area (Å²) in [6.45, 7) is 2.44. The SMILES string of the molecule is CCC(C)C(=O)OC1(C(F)(F)F)CC(CC)(C(F)(F)F)OC(O)(C(F)(F)F)C1(F)F. The number of alkyl halides is 11. The molecule has 4 unspecified atom stereocenters. The van der Waals surface area contributed by atoms with Crippen LogP contribution in [-0.4, -0.2) is 52.5 Å². The molecule has 0 radical (unpaired) electrons. The molecular weight excluding hydrogens is 453 g/mol. The minimum absolute atomic E-state index is 0.337. The molecule has 30 heavy (non-hydrogen) atoms. The summed E-state index contributed by atoms with van der Waals surface area (Å²) in [5.41, 5.74) is -10.3. The molecule has 4 nitrogen and oxygen atoms in total. The van der Waals surface area contributed by atoms with Crippen LogP contribution in [0.2, 0.25) is 0 Å². The van der Waals surface area contributed by atoms with Gasteiger partial charge in [-0.1, -0.05) is 20.8 Å². The number of ether oxygens (including phenoxy) is 2. The number of hydrogen-bond donors (Lipinski definition) is 1. The van der Waals surface area contributed by atoms with E-state index >= 15 is 0 Å². The number of esters is 1. The van der Waals surface area contributed by atoms with E-state index in [0.29, 0.717) is 6.92 Å². The maximum atomic E-state index is 14.7. The van der Waals surface area contributed by atoms with Gasteiger partial charge in [0.2, 0.25) is 0 Å². The number of carbonyl (C=O) groups excluding carboxylic acids is 1. The largest absolute Gasteiger partial charge is 0.449 e. The van der Waals surface area contributed by atoms with Crippen LogP contribution in [0, 0.1) is 5.92 Å². The van der Waals surface area contributed by atoms with Gasteiger partial charge >= 0.3 is 36.2 Å². The molecule has 0 saturated carbocycles. The van der Waals surface area contributed by atoms with Gasteiger partial charge in [-0.3, -0.25) is 4.79 Å². The van der Waals surface area contributed by atoms with Crippen LogP contribution < -0.4 is 0 Å². The van der Waals surface area contributed by atoms with Crippen molar-refractivity contribution in [3.05, 3.63) is 0 Å². The van der Waals surface area contributed by atoms with Gasteiger partial charge in [0.05, 0.1) is 5.92 Å². The van der Waals surface area contributed by atoms with Gasteiger partial charge in [0.15, 0.2) is 5.60 Å². The van der Waals surface area contributed by atoms with E-state index in [4.69, 9.17) is 0 Å². The molecule has 0 amide bonds. The number of aliphatic hydroxyl groups is 1. The van der Waals surface area contributed by atoms with E-state index in [9.17, 15) is 58.2 Å². The van der Waals surface area contributed by atoms with Gasteiger partial charge < -0.3 is 14.6 Å². The Hall–Kier alpha value is -1.38. The molecule has 1 aliphatic heterocycles. The molecule has 1 aliphatic rings. The first kappa shape index (κ1) is 26.7. The highest BCUT2D eigenvalue weighted by Crippen LogP contribution is 2.65. The van der Waals surface area contributed by atoms with Crippen LogP contribution in [-0.2, 0) is 14.3 Å². The van der Waals surface area contributed by atoms with Crippen molar-refractivity contribution in [1.82, 2.24) is 0 Å². The molecule has 1 N–H and O–H groups in total. The molecule has 15 heteroatoms. The van der Waals surface area contributed by atoms with Crippen LogP contribution >= 0.6 is 0 Å². The van der Waals surface area contributed by atoms with E-state index in [-0.39, 0.29) is 6.42 Å². The zero-order valence-corrected chi connectivity index (χ0v) is 15.5. The zero-order valence-electron chi connectivity index (χ0n) is 15.5. The highest BCUT2D eigenvalue weighted by molar-refractivity contribution is 5.72. The van der Waals surface area contributed by atoms with Gasteiger partial charge in [0.1, 0.15) is 0 Å². The van der Waals surface area contributed by atoms with Crippen molar-refractivity contribution < 1.29 is 67.7 Å². The molecule has 0 aromatic carbocycles. The number of carbonyl (C=O) groups is 1. The van der Waals surface area contributed by atoms with E-state index in [1.807, 2.05) is 0 Å². The Bertz CT molecular complexity index is 656. The molecule has 4 atom stereocenters. The second kappa shape index (κ2) is 7.35. The average molecular weight is 470 g/mol. The number of hydrogen-bond acceptors (Lipinski definition) is 4. The van der Waals surface area contributed by atoms with Crippen molar-refractivity contribution in [2.75, 3.05) is 0 Å². The minimum Gasteiger partial charge on any atom is -0.442 e. The maximum absolute atomic E-state index is 14.7. The first-order chi connectivity index (χ1) is 13.1. The normalized spacial score (nSPS) is 33.8. The van der Waals surface area contributed by atoms with Gasteiger partial charge in [0.25, 0.3) is 5.60 Å². The predicted molar refractivity (Wildman–Crippen MR) is 75.1 cm³/mol. The highest BCUT2D eigenvalue weighted by atomic mass is 19.4. The second-order valence-corrected chi connectivity index (χ2v) is 6.90. The Morgan fingerprint density at radius 3 is 1.77 bits per heavy atom. The van der Waals surface area contributed by atoms with Gasteiger partial charge in [-0.25, -0.2) is 0 Å². The molecule has 1 rings (SSSR count). The van der Waals surface area contributed by atoms with Crippen molar-refractivity contribution in [2.24, 2.45) is 5.92 Å². The topological polar surface area (TPSA) is 55.8 Å². The first-order valence-corrected chi connectivity index (χ1v) is 8.32. The summed E-state index contributed by atoms with van der Waals surface area (Å²) < 4.78 is 158. The van der Waals surface area contributed by atoms with E-state index in [2.05, 4.69) is 9.47 Å². The monoisotopic (exact) mass is 470 g/mol. The third kappa shape index (κ3) is 3.60. The zero-order chi connectivity index (χ0) is 24.2. The average Bonchev–Trinajstić information content (AvgIpc) is 2.54. The van der Waals surface area contributed by atoms with Crippen LogP contribution in [0.3, 0.4) is 0 Å². The van der Waals surface area contributed by atoms with Gasteiger partial charge in [-0.2, -0.15) is 48.3 Å². The van der Waals surface area contributed by atoms with Crippen molar-refractivity contribution in [1.29, 1.82) is 0 Å². The second-order valence-electron chi connectivity index (χ2n) is 6.90. The van der Waals surface area contributed by atoms with Crippen LogP contribution in [0.5, 0.6) is 0 Å². The van der Waals surface area contributed by atoms with Crippen molar-refractivity contribution >= 4 is 5.97 Å². The van der Waals surface area contributed by atoms with E-state index in [0.717, 1.165) is 6.92 Å². The summed E-state index contributed by atoms with van der Waals surface area (Å²) >= 11 is 0. The molecule has 0 aromatic rings. The predicted octanol–water partition coefficient (Wildman–Crippen LogP) is 4.89. The molecular formula is C15H17F11O4. The number of rotatable bonds is 4. The first-order valence-electron chi connectivity index (χ1n) is 8.32. The highest BCUT2D eigenvalue weighted by Gasteiger charge is 2.92. The van der Waals surface area contributed by atoms with E-state index in [1.54, 1.807) is 0 Å². The van der Waals surface area contributed by atoms with Gasteiger partial charge in [-0.05, 0) is 12.8 Å². The molecule has 1 saturated heterocycles. The smallest absolute Gasteiger partial charge is 0.442 e. The molecule has 0 bridgehead atoms. The van der Waals surface area contributed by atoms with E-state index in [1.165, 1.54) is 6.92 Å². The number of halogens is 11. The fraction of sp³-hybridized carbons (Fsp3) is 0.933. The Balaban J connectivity index is 4.01. The van der Waals surface area contributed by atoms with Crippen LogP contribution in [0.25, 0.3) is 0 Å². The summed E-state index contributed by atoms with van der Waals surface area (Å²) in [7, 11) is 0. The lowest BCUT2D eigenvalue weighted by atomic mass is 9.73. The lowest BCUT2D eigenvalue weighted by Crippen LogP contribution is -2.82. The Kier molecular flexibility index (Phi) is 6.53. The van der Waals surface area contributed by atoms with Crippen molar-refractivity contribution in [3.63, 3.8) is 0 Å². The lowest BCUT2D eigenvalue weighted by Gasteiger charge is -2.56. The molecule has 0 aromatic heterocycles. The Morgan fingerprint density at radius 2 is 1.47 bits per heavy atom. The molecule has 0 spiro atoms. The Morgan fingerprint density at radius 1 is 1.00 bits per heavy atom.